The lowest BCUT2D eigenvalue weighted by Crippen LogP contribution is -1.95. The van der Waals surface area contributed by atoms with Crippen LogP contribution in [0.15, 0.2) is 213 Å². The molecule has 272 valence electrons. The highest BCUT2D eigenvalue weighted by molar-refractivity contribution is 5.94. The largest absolute Gasteiger partial charge is 0.254 e. The van der Waals surface area contributed by atoms with Crippen molar-refractivity contribution >= 4 is 10.8 Å². The molecular formula is C53H35N5. The molecule has 4 heterocycles. The van der Waals surface area contributed by atoms with Crippen LogP contribution in [0.4, 0.5) is 0 Å². The van der Waals surface area contributed by atoms with Crippen molar-refractivity contribution in [3.05, 3.63) is 213 Å². The zero-order valence-corrected chi connectivity index (χ0v) is 31.4. The van der Waals surface area contributed by atoms with Gasteiger partial charge in [0.2, 0.25) is 0 Å². The normalized spacial score (nSPS) is 11.1. The maximum atomic E-state index is 5.13. The number of hydrogen-bond acceptors (Lipinski definition) is 5. The summed E-state index contributed by atoms with van der Waals surface area (Å²) in [5.41, 5.74) is 14.7. The third-order valence-electron chi connectivity index (χ3n) is 10.4. The summed E-state index contributed by atoms with van der Waals surface area (Å²) in [5.74, 6) is 0.707. The van der Waals surface area contributed by atoms with Gasteiger partial charge in [0.15, 0.2) is 5.82 Å². The monoisotopic (exact) mass is 741 g/mol. The Balaban J connectivity index is 0.922. The number of pyridine rings is 3. The maximum absolute atomic E-state index is 5.13. The number of hydrogen-bond donors (Lipinski definition) is 0. The second kappa shape index (κ2) is 15.3. The lowest BCUT2D eigenvalue weighted by molar-refractivity contribution is 1.18. The average Bonchev–Trinajstić information content (AvgIpc) is 3.32. The molecule has 0 aliphatic carbocycles. The zero-order valence-electron chi connectivity index (χ0n) is 31.4. The first-order chi connectivity index (χ1) is 28.7. The predicted octanol–water partition coefficient (Wildman–Crippen LogP) is 13.2. The third kappa shape index (κ3) is 7.04. The van der Waals surface area contributed by atoms with Crippen molar-refractivity contribution in [1.29, 1.82) is 0 Å². The van der Waals surface area contributed by atoms with Gasteiger partial charge in [0.25, 0.3) is 0 Å². The van der Waals surface area contributed by atoms with Crippen LogP contribution in [0.1, 0.15) is 0 Å². The molecule has 0 radical (unpaired) electrons. The van der Waals surface area contributed by atoms with E-state index in [0.29, 0.717) is 5.82 Å². The molecule has 0 spiro atoms. The van der Waals surface area contributed by atoms with E-state index in [9.17, 15) is 0 Å². The highest BCUT2D eigenvalue weighted by Gasteiger charge is 2.14. The smallest absolute Gasteiger partial charge is 0.160 e. The van der Waals surface area contributed by atoms with Crippen LogP contribution in [-0.2, 0) is 0 Å². The minimum atomic E-state index is 0.707. The summed E-state index contributed by atoms with van der Waals surface area (Å²) in [6, 6.07) is 68.8. The molecule has 5 nitrogen and oxygen atoms in total. The Morgan fingerprint density at radius 3 is 1.41 bits per heavy atom. The Bertz CT molecular complexity index is 2940. The van der Waals surface area contributed by atoms with Crippen molar-refractivity contribution < 1.29 is 0 Å². The molecule has 0 atom stereocenters. The number of rotatable bonds is 8. The van der Waals surface area contributed by atoms with Gasteiger partial charge < -0.3 is 0 Å². The van der Waals surface area contributed by atoms with Crippen LogP contribution < -0.4 is 0 Å². The van der Waals surface area contributed by atoms with E-state index < -0.39 is 0 Å². The summed E-state index contributed by atoms with van der Waals surface area (Å²) in [6.45, 7) is 0. The predicted molar refractivity (Wildman–Crippen MR) is 236 cm³/mol. The molecule has 10 aromatic rings. The summed E-state index contributed by atoms with van der Waals surface area (Å²) >= 11 is 0. The number of fused-ring (bicyclic) bond motifs is 1. The highest BCUT2D eigenvalue weighted by atomic mass is 14.9. The number of aromatic nitrogens is 5. The Morgan fingerprint density at radius 1 is 0.276 bits per heavy atom. The Morgan fingerprint density at radius 2 is 0.776 bits per heavy atom. The first-order valence-corrected chi connectivity index (χ1v) is 19.3. The molecule has 0 amide bonds. The van der Waals surface area contributed by atoms with Gasteiger partial charge in [0.1, 0.15) is 0 Å². The summed E-state index contributed by atoms with van der Waals surface area (Å²) in [5, 5.41) is 2.20. The van der Waals surface area contributed by atoms with Crippen LogP contribution in [0.5, 0.6) is 0 Å². The van der Waals surface area contributed by atoms with Crippen molar-refractivity contribution in [3.63, 3.8) is 0 Å². The van der Waals surface area contributed by atoms with Crippen LogP contribution in [0.3, 0.4) is 0 Å². The molecule has 0 aliphatic heterocycles. The van der Waals surface area contributed by atoms with Gasteiger partial charge in [0, 0.05) is 40.0 Å². The van der Waals surface area contributed by atoms with E-state index in [0.717, 1.165) is 95.0 Å². The van der Waals surface area contributed by atoms with E-state index in [-0.39, 0.29) is 0 Å². The number of nitrogens with zero attached hydrogens (tertiary/aromatic N) is 5. The first-order valence-electron chi connectivity index (χ1n) is 19.3. The fourth-order valence-corrected chi connectivity index (χ4v) is 7.38. The summed E-state index contributed by atoms with van der Waals surface area (Å²) in [4.78, 5) is 24.8. The van der Waals surface area contributed by atoms with Gasteiger partial charge in [-0.2, -0.15) is 0 Å². The van der Waals surface area contributed by atoms with Crippen molar-refractivity contribution in [2.75, 3.05) is 0 Å². The minimum Gasteiger partial charge on any atom is -0.254 e. The summed E-state index contributed by atoms with van der Waals surface area (Å²) < 4.78 is 0. The molecule has 4 aromatic heterocycles. The van der Waals surface area contributed by atoms with Crippen LogP contribution in [0.2, 0.25) is 0 Å². The van der Waals surface area contributed by atoms with E-state index in [1.807, 2.05) is 85.2 Å². The van der Waals surface area contributed by atoms with E-state index in [1.165, 1.54) is 0 Å². The van der Waals surface area contributed by atoms with E-state index in [2.05, 4.69) is 127 Å². The van der Waals surface area contributed by atoms with Crippen molar-refractivity contribution in [3.8, 4) is 90.1 Å². The average molecular weight is 742 g/mol. The molecule has 0 saturated carbocycles. The van der Waals surface area contributed by atoms with Gasteiger partial charge in [-0.05, 0) is 63.5 Å². The fraction of sp³-hybridized carbons (Fsp3) is 0. The molecule has 6 aromatic carbocycles. The second-order valence-corrected chi connectivity index (χ2v) is 14.2. The van der Waals surface area contributed by atoms with Gasteiger partial charge in [-0.25, -0.2) is 15.0 Å². The van der Waals surface area contributed by atoms with Crippen LogP contribution in [0, 0.1) is 0 Å². The lowest BCUT2D eigenvalue weighted by Gasteiger charge is -2.11. The van der Waals surface area contributed by atoms with E-state index >= 15 is 0 Å². The molecule has 0 saturated heterocycles. The first kappa shape index (κ1) is 34.6. The van der Waals surface area contributed by atoms with Crippen molar-refractivity contribution in [2.24, 2.45) is 0 Å². The summed E-state index contributed by atoms with van der Waals surface area (Å²) in [7, 11) is 0. The van der Waals surface area contributed by atoms with Gasteiger partial charge in [-0.15, -0.1) is 0 Å². The molecular weight excluding hydrogens is 707 g/mol. The van der Waals surface area contributed by atoms with Crippen LogP contribution >= 0.6 is 0 Å². The van der Waals surface area contributed by atoms with E-state index in [4.69, 9.17) is 24.9 Å². The Kier molecular flexibility index (Phi) is 9.14. The molecule has 0 fully saturated rings. The van der Waals surface area contributed by atoms with Gasteiger partial charge in [-0.3, -0.25) is 9.97 Å². The van der Waals surface area contributed by atoms with Gasteiger partial charge in [-0.1, -0.05) is 170 Å². The third-order valence-corrected chi connectivity index (χ3v) is 10.4. The summed E-state index contributed by atoms with van der Waals surface area (Å²) in [6.07, 6.45) is 3.78. The molecule has 0 N–H and O–H groups in total. The molecule has 0 bridgehead atoms. The zero-order chi connectivity index (χ0) is 38.7. The quantitative estimate of drug-likeness (QED) is 0.155. The fourth-order valence-electron chi connectivity index (χ4n) is 7.38. The maximum Gasteiger partial charge on any atom is 0.160 e. The Labute approximate surface area is 337 Å². The highest BCUT2D eigenvalue weighted by Crippen LogP contribution is 2.34. The van der Waals surface area contributed by atoms with Crippen molar-refractivity contribution in [1.82, 2.24) is 24.9 Å². The number of benzene rings is 6. The molecule has 58 heavy (non-hydrogen) atoms. The molecule has 5 heteroatoms. The van der Waals surface area contributed by atoms with Gasteiger partial charge in [0.05, 0.1) is 34.2 Å². The molecule has 10 rings (SSSR count). The SMILES string of the molecule is c1ccc(-c2cc(-c3ccc(-c4ccc(-c5ccc(-c6cc(-c7ccccc7)nc(-c7ccccc7)n6)cc5)cc4)cn3)nc(-c3nccc4ccccc34)c2)cc1. The minimum absolute atomic E-state index is 0.707. The Hall–Kier alpha value is -7.89. The van der Waals surface area contributed by atoms with Crippen LogP contribution in [0.25, 0.3) is 101 Å². The standard InChI is InChI=1S/C53H35N5/c1-4-12-36(13-5-1)45-32-50(56-51(33-45)52-46-19-11-10-14-40(46)30-31-54-52)47-29-28-44(35-55-47)39-22-20-37(21-23-39)38-24-26-42(27-25-38)49-34-48(41-15-6-2-7-16-41)57-53(58-49)43-17-8-3-9-18-43/h1-35H. The topological polar surface area (TPSA) is 64.5 Å². The second-order valence-electron chi connectivity index (χ2n) is 14.2. The molecule has 0 aliphatic rings. The van der Waals surface area contributed by atoms with E-state index in [1.54, 1.807) is 0 Å². The van der Waals surface area contributed by atoms with Crippen LogP contribution in [-0.4, -0.2) is 24.9 Å². The lowest BCUT2D eigenvalue weighted by atomic mass is 9.99. The van der Waals surface area contributed by atoms with Crippen molar-refractivity contribution in [2.45, 2.75) is 0 Å². The van der Waals surface area contributed by atoms with Gasteiger partial charge >= 0.3 is 0 Å². The molecule has 0 unspecified atom stereocenters.